The molecule has 134 valence electrons. The Bertz CT molecular complexity index is 731. The van der Waals surface area contributed by atoms with Crippen LogP contribution < -0.4 is 9.64 Å². The van der Waals surface area contributed by atoms with Crippen LogP contribution in [0.2, 0.25) is 0 Å². The van der Waals surface area contributed by atoms with Crippen molar-refractivity contribution in [2.24, 2.45) is 0 Å². The van der Waals surface area contributed by atoms with E-state index in [1.54, 1.807) is 12.3 Å². The summed E-state index contributed by atoms with van der Waals surface area (Å²) in [5, 5.41) is 0. The third-order valence-electron chi connectivity index (χ3n) is 3.22. The van der Waals surface area contributed by atoms with Gasteiger partial charge in [0.05, 0.1) is 5.69 Å². The Balaban J connectivity index is 2.26. The van der Waals surface area contributed by atoms with E-state index in [-0.39, 0.29) is 17.6 Å². The molecule has 25 heavy (non-hydrogen) atoms. The lowest BCUT2D eigenvalue weighted by atomic mass is 10.2. The molecule has 0 fully saturated rings. The summed E-state index contributed by atoms with van der Waals surface area (Å²) in [7, 11) is 0. The second kappa shape index (κ2) is 7.50. The number of amides is 1. The van der Waals surface area contributed by atoms with Gasteiger partial charge in [0.2, 0.25) is 5.91 Å². The quantitative estimate of drug-likeness (QED) is 0.807. The second-order valence-electron chi connectivity index (χ2n) is 5.68. The number of hydrogen-bond acceptors (Lipinski definition) is 4. The number of aromatic nitrogens is 2. The minimum absolute atomic E-state index is 0.0649. The van der Waals surface area contributed by atoms with Gasteiger partial charge in [-0.15, -0.1) is 0 Å². The van der Waals surface area contributed by atoms with Gasteiger partial charge in [0, 0.05) is 19.0 Å². The van der Waals surface area contributed by atoms with Crippen molar-refractivity contribution < 1.29 is 22.7 Å². The number of rotatable bonds is 5. The van der Waals surface area contributed by atoms with E-state index < -0.39 is 12.8 Å². The van der Waals surface area contributed by atoms with E-state index in [1.807, 2.05) is 13.8 Å². The molecule has 1 aromatic heterocycles. The summed E-state index contributed by atoms with van der Waals surface area (Å²) in [6.45, 7) is 3.88. The van der Waals surface area contributed by atoms with Crippen LogP contribution in [0.5, 0.6) is 5.75 Å². The molecule has 8 heteroatoms. The summed E-state index contributed by atoms with van der Waals surface area (Å²) in [6.07, 6.45) is -2.84. The van der Waals surface area contributed by atoms with Crippen LogP contribution in [0.3, 0.4) is 0 Å². The van der Waals surface area contributed by atoms with Crippen LogP contribution in [0.1, 0.15) is 32.5 Å². The Morgan fingerprint density at radius 1 is 1.20 bits per heavy atom. The zero-order chi connectivity index (χ0) is 18.6. The van der Waals surface area contributed by atoms with Crippen LogP contribution in [-0.2, 0) is 4.79 Å². The third kappa shape index (κ3) is 5.17. The molecule has 2 rings (SSSR count). The Hall–Kier alpha value is -2.64. The average molecular weight is 353 g/mol. The number of nitrogens with zero attached hydrogens (tertiary/aromatic N) is 3. The Kier molecular flexibility index (Phi) is 5.61. The first-order valence-corrected chi connectivity index (χ1v) is 7.60. The van der Waals surface area contributed by atoms with Gasteiger partial charge in [-0.25, -0.2) is 9.97 Å². The topological polar surface area (TPSA) is 55.3 Å². The first kappa shape index (κ1) is 18.7. The van der Waals surface area contributed by atoms with Crippen LogP contribution >= 0.6 is 0 Å². The Morgan fingerprint density at radius 3 is 2.36 bits per heavy atom. The Morgan fingerprint density at radius 2 is 1.84 bits per heavy atom. The highest BCUT2D eigenvalue weighted by Gasteiger charge is 2.28. The zero-order valence-electron chi connectivity index (χ0n) is 14.0. The highest BCUT2D eigenvalue weighted by Crippen LogP contribution is 2.27. The van der Waals surface area contributed by atoms with Crippen molar-refractivity contribution >= 4 is 17.4 Å². The SMILES string of the molecule is CC(=O)N(c1ccc(OCC(F)(F)F)cc1)c1ccnc(C(C)C)n1. The minimum Gasteiger partial charge on any atom is -0.484 e. The van der Waals surface area contributed by atoms with Crippen molar-refractivity contribution in [3.63, 3.8) is 0 Å². The summed E-state index contributed by atoms with van der Waals surface area (Å²) < 4.78 is 41.2. The molecular formula is C17H18F3N3O2. The molecule has 0 unspecified atom stereocenters. The van der Waals surface area contributed by atoms with E-state index in [1.165, 1.54) is 36.1 Å². The van der Waals surface area contributed by atoms with Crippen molar-refractivity contribution in [2.45, 2.75) is 32.9 Å². The van der Waals surface area contributed by atoms with Gasteiger partial charge >= 0.3 is 6.18 Å². The second-order valence-corrected chi connectivity index (χ2v) is 5.68. The van der Waals surface area contributed by atoms with Gasteiger partial charge in [0.15, 0.2) is 6.61 Å². The maximum absolute atomic E-state index is 12.2. The number of alkyl halides is 3. The van der Waals surface area contributed by atoms with Crippen LogP contribution in [0.15, 0.2) is 36.5 Å². The van der Waals surface area contributed by atoms with Gasteiger partial charge in [-0.3, -0.25) is 9.69 Å². The Labute approximate surface area is 143 Å². The van der Waals surface area contributed by atoms with Gasteiger partial charge in [0.1, 0.15) is 17.4 Å². The van der Waals surface area contributed by atoms with Crippen molar-refractivity contribution in [1.82, 2.24) is 9.97 Å². The first-order chi connectivity index (χ1) is 11.7. The van der Waals surface area contributed by atoms with E-state index in [0.717, 1.165) is 0 Å². The molecule has 0 spiro atoms. The van der Waals surface area contributed by atoms with Gasteiger partial charge in [-0.2, -0.15) is 13.2 Å². The smallest absolute Gasteiger partial charge is 0.422 e. The van der Waals surface area contributed by atoms with E-state index in [0.29, 0.717) is 17.3 Å². The number of benzene rings is 1. The average Bonchev–Trinajstić information content (AvgIpc) is 2.53. The third-order valence-corrected chi connectivity index (χ3v) is 3.22. The van der Waals surface area contributed by atoms with Crippen molar-refractivity contribution in [1.29, 1.82) is 0 Å². The predicted octanol–water partition coefficient (Wildman–Crippen LogP) is 4.23. The fourth-order valence-corrected chi connectivity index (χ4v) is 2.10. The standard InChI is InChI=1S/C17H18F3N3O2/c1-11(2)16-21-9-8-15(22-16)23(12(3)24)13-4-6-14(7-5-13)25-10-17(18,19)20/h4-9,11H,10H2,1-3H3. The number of carbonyl (C=O) groups excluding carboxylic acids is 1. The number of ether oxygens (including phenoxy) is 1. The maximum atomic E-state index is 12.2. The summed E-state index contributed by atoms with van der Waals surface area (Å²) in [4.78, 5) is 22.0. The van der Waals surface area contributed by atoms with E-state index in [4.69, 9.17) is 0 Å². The molecule has 0 radical (unpaired) electrons. The van der Waals surface area contributed by atoms with Crippen LogP contribution in [0.25, 0.3) is 0 Å². The van der Waals surface area contributed by atoms with Crippen LogP contribution in [0.4, 0.5) is 24.7 Å². The number of carbonyl (C=O) groups is 1. The van der Waals surface area contributed by atoms with Crippen LogP contribution in [-0.4, -0.2) is 28.7 Å². The molecule has 0 saturated heterocycles. The highest BCUT2D eigenvalue weighted by atomic mass is 19.4. The molecule has 5 nitrogen and oxygen atoms in total. The summed E-state index contributed by atoms with van der Waals surface area (Å²) in [5.74, 6) is 0.864. The largest absolute Gasteiger partial charge is 0.484 e. The van der Waals surface area contributed by atoms with E-state index in [2.05, 4.69) is 14.7 Å². The molecule has 0 N–H and O–H groups in total. The normalized spacial score (nSPS) is 11.5. The fourth-order valence-electron chi connectivity index (χ4n) is 2.10. The summed E-state index contributed by atoms with van der Waals surface area (Å²) >= 11 is 0. The van der Waals surface area contributed by atoms with Gasteiger partial charge in [0.25, 0.3) is 0 Å². The van der Waals surface area contributed by atoms with Crippen molar-refractivity contribution in [2.75, 3.05) is 11.5 Å². The number of anilines is 2. The van der Waals surface area contributed by atoms with Gasteiger partial charge < -0.3 is 4.74 Å². The van der Waals surface area contributed by atoms with Crippen molar-refractivity contribution in [3.8, 4) is 5.75 Å². The predicted molar refractivity (Wildman–Crippen MR) is 86.9 cm³/mol. The van der Waals surface area contributed by atoms with Gasteiger partial charge in [-0.05, 0) is 30.3 Å². The van der Waals surface area contributed by atoms with E-state index >= 15 is 0 Å². The minimum atomic E-state index is -4.40. The first-order valence-electron chi connectivity index (χ1n) is 7.60. The lowest BCUT2D eigenvalue weighted by molar-refractivity contribution is -0.153. The molecule has 0 saturated carbocycles. The molecule has 0 aliphatic carbocycles. The molecule has 0 bridgehead atoms. The lowest BCUT2D eigenvalue weighted by Crippen LogP contribution is -2.24. The molecule has 0 aliphatic rings. The zero-order valence-corrected chi connectivity index (χ0v) is 14.0. The number of halogens is 3. The number of hydrogen-bond donors (Lipinski definition) is 0. The summed E-state index contributed by atoms with van der Waals surface area (Å²) in [5.41, 5.74) is 0.472. The molecule has 1 heterocycles. The summed E-state index contributed by atoms with van der Waals surface area (Å²) in [6, 6.07) is 7.36. The molecule has 0 atom stereocenters. The highest BCUT2D eigenvalue weighted by molar-refractivity contribution is 5.98. The van der Waals surface area contributed by atoms with Crippen LogP contribution in [0, 0.1) is 0 Å². The maximum Gasteiger partial charge on any atom is 0.422 e. The van der Waals surface area contributed by atoms with E-state index in [9.17, 15) is 18.0 Å². The molecule has 0 aliphatic heterocycles. The molecule has 1 amide bonds. The van der Waals surface area contributed by atoms with Crippen molar-refractivity contribution in [3.05, 3.63) is 42.4 Å². The van der Waals surface area contributed by atoms with Gasteiger partial charge in [-0.1, -0.05) is 13.8 Å². The lowest BCUT2D eigenvalue weighted by Gasteiger charge is -2.21. The molecular weight excluding hydrogens is 335 g/mol. The monoisotopic (exact) mass is 353 g/mol. The molecule has 2 aromatic rings. The molecule has 1 aromatic carbocycles. The fraction of sp³-hybridized carbons (Fsp3) is 0.353.